The highest BCUT2D eigenvalue weighted by atomic mass is 32.3. The number of hydrogen-bond acceptors (Lipinski definition) is 3. The smallest absolute Gasteiger partial charge is 0.265 e. The van der Waals surface area contributed by atoms with E-state index in [0.29, 0.717) is 0 Å². The van der Waals surface area contributed by atoms with Gasteiger partial charge >= 0.3 is 10.4 Å². The molecule has 6 heteroatoms. The van der Waals surface area contributed by atoms with Crippen molar-refractivity contribution >= 4 is 10.4 Å². The molecular formula is C18H17NO4S. The number of rotatable bonds is 3. The van der Waals surface area contributed by atoms with Gasteiger partial charge in [0, 0.05) is 18.3 Å². The second-order valence-electron chi connectivity index (χ2n) is 4.98. The summed E-state index contributed by atoms with van der Waals surface area (Å²) >= 11 is 0. The second kappa shape index (κ2) is 8.35. The summed E-state index contributed by atoms with van der Waals surface area (Å²) in [6.45, 7) is 0. The third-order valence-electron chi connectivity index (χ3n) is 3.31. The van der Waals surface area contributed by atoms with Gasteiger partial charge in [-0.05, 0) is 28.8 Å². The zero-order valence-electron chi connectivity index (χ0n) is 12.7. The van der Waals surface area contributed by atoms with Crippen LogP contribution in [-0.4, -0.2) is 22.5 Å². The van der Waals surface area contributed by atoms with Crippen molar-refractivity contribution in [2.45, 2.75) is 5.92 Å². The number of hydrogen-bond donors (Lipinski definition) is 2. The normalized spacial score (nSPS) is 10.8. The lowest BCUT2D eigenvalue weighted by Gasteiger charge is -2.18. The topological polar surface area (TPSA) is 87.5 Å². The van der Waals surface area contributed by atoms with E-state index in [9.17, 15) is 0 Å². The number of nitrogens with zero attached hydrogens (tertiary/aromatic N) is 1. The van der Waals surface area contributed by atoms with E-state index in [2.05, 4.69) is 77.8 Å². The molecular weight excluding hydrogens is 326 g/mol. The minimum Gasteiger partial charge on any atom is -0.265 e. The van der Waals surface area contributed by atoms with Crippen molar-refractivity contribution < 1.29 is 17.5 Å². The van der Waals surface area contributed by atoms with Gasteiger partial charge < -0.3 is 0 Å². The lowest BCUT2D eigenvalue weighted by atomic mass is 9.86. The molecule has 24 heavy (non-hydrogen) atoms. The van der Waals surface area contributed by atoms with E-state index < -0.39 is 10.4 Å². The second-order valence-corrected chi connectivity index (χ2v) is 5.88. The van der Waals surface area contributed by atoms with E-state index in [1.807, 2.05) is 12.4 Å². The maximum atomic E-state index is 8.74. The Morgan fingerprint density at radius 2 is 1.00 bits per heavy atom. The summed E-state index contributed by atoms with van der Waals surface area (Å²) in [5.74, 6) is 0.269. The molecule has 0 amide bonds. The SMILES string of the molecule is O=S(=O)(O)O.c1ccc(C(c2ccccc2)c2ccncc2)cc1. The molecule has 5 nitrogen and oxygen atoms in total. The highest BCUT2D eigenvalue weighted by molar-refractivity contribution is 7.79. The van der Waals surface area contributed by atoms with Gasteiger partial charge in [-0.1, -0.05) is 60.7 Å². The standard InChI is InChI=1S/C18H15N.H2O4S/c1-3-7-15(8-4-1)18(16-9-5-2-6-10-16)17-11-13-19-14-12-17;1-5(2,3)4/h1-14,18H;(H2,1,2,3,4). The first-order chi connectivity index (χ1) is 11.4. The van der Waals surface area contributed by atoms with Crippen LogP contribution in [0, 0.1) is 0 Å². The molecule has 124 valence electrons. The zero-order chi connectivity index (χ0) is 17.4. The molecule has 3 rings (SSSR count). The molecule has 0 aliphatic rings. The third-order valence-corrected chi connectivity index (χ3v) is 3.31. The molecule has 0 unspecified atom stereocenters. The summed E-state index contributed by atoms with van der Waals surface area (Å²) < 4.78 is 31.6. The first-order valence-electron chi connectivity index (χ1n) is 7.15. The largest absolute Gasteiger partial charge is 0.394 e. The van der Waals surface area contributed by atoms with Crippen LogP contribution in [0.15, 0.2) is 85.2 Å². The number of pyridine rings is 1. The van der Waals surface area contributed by atoms with Gasteiger partial charge in [-0.2, -0.15) is 8.42 Å². The Kier molecular flexibility index (Phi) is 6.20. The van der Waals surface area contributed by atoms with Crippen LogP contribution in [0.1, 0.15) is 22.6 Å². The van der Waals surface area contributed by atoms with E-state index >= 15 is 0 Å². The van der Waals surface area contributed by atoms with Gasteiger partial charge in [-0.25, -0.2) is 0 Å². The van der Waals surface area contributed by atoms with Gasteiger partial charge in [-0.15, -0.1) is 0 Å². The molecule has 0 bridgehead atoms. The van der Waals surface area contributed by atoms with Crippen LogP contribution in [0.5, 0.6) is 0 Å². The Balaban J connectivity index is 0.000000368. The minimum atomic E-state index is -4.67. The van der Waals surface area contributed by atoms with Crippen LogP contribution in [-0.2, 0) is 10.4 Å². The summed E-state index contributed by atoms with van der Waals surface area (Å²) in [7, 11) is -4.67. The van der Waals surface area contributed by atoms with Crippen LogP contribution in [0.2, 0.25) is 0 Å². The molecule has 0 aliphatic heterocycles. The fourth-order valence-corrected chi connectivity index (χ4v) is 2.42. The van der Waals surface area contributed by atoms with Crippen LogP contribution in [0.25, 0.3) is 0 Å². The van der Waals surface area contributed by atoms with E-state index in [4.69, 9.17) is 17.5 Å². The summed E-state index contributed by atoms with van der Waals surface area (Å²) in [4.78, 5) is 4.12. The van der Waals surface area contributed by atoms with Gasteiger partial charge in [-0.3, -0.25) is 14.1 Å². The van der Waals surface area contributed by atoms with Crippen molar-refractivity contribution in [3.8, 4) is 0 Å². The molecule has 1 heterocycles. The van der Waals surface area contributed by atoms with Crippen LogP contribution in [0.3, 0.4) is 0 Å². The zero-order valence-corrected chi connectivity index (χ0v) is 13.5. The average Bonchev–Trinajstić information content (AvgIpc) is 2.57. The Labute approximate surface area is 141 Å². The number of benzene rings is 2. The molecule has 3 aromatic rings. The van der Waals surface area contributed by atoms with Crippen molar-refractivity contribution in [1.29, 1.82) is 0 Å². The molecule has 0 atom stereocenters. The van der Waals surface area contributed by atoms with Crippen molar-refractivity contribution in [3.63, 3.8) is 0 Å². The quantitative estimate of drug-likeness (QED) is 0.709. The predicted molar refractivity (Wildman–Crippen MR) is 92.2 cm³/mol. The van der Waals surface area contributed by atoms with Gasteiger partial charge in [0.05, 0.1) is 0 Å². The molecule has 0 spiro atoms. The van der Waals surface area contributed by atoms with Crippen molar-refractivity contribution in [2.24, 2.45) is 0 Å². The molecule has 2 N–H and O–H groups in total. The lowest BCUT2D eigenvalue weighted by Crippen LogP contribution is -2.03. The summed E-state index contributed by atoms with van der Waals surface area (Å²) in [5.41, 5.74) is 3.88. The summed E-state index contributed by atoms with van der Waals surface area (Å²) in [6, 6.07) is 25.4. The third kappa shape index (κ3) is 5.92. The number of aromatic nitrogens is 1. The van der Waals surface area contributed by atoms with Gasteiger partial charge in [0.1, 0.15) is 0 Å². The maximum Gasteiger partial charge on any atom is 0.394 e. The van der Waals surface area contributed by atoms with Crippen molar-refractivity contribution in [1.82, 2.24) is 4.98 Å². The monoisotopic (exact) mass is 343 g/mol. The van der Waals surface area contributed by atoms with Crippen LogP contribution < -0.4 is 0 Å². The minimum absolute atomic E-state index is 0.269. The molecule has 2 aromatic carbocycles. The van der Waals surface area contributed by atoms with Gasteiger partial charge in [0.15, 0.2) is 0 Å². The summed E-state index contributed by atoms with van der Waals surface area (Å²) in [5, 5.41) is 0. The molecule has 0 radical (unpaired) electrons. The first-order valence-corrected chi connectivity index (χ1v) is 8.54. The Bertz CT molecular complexity index is 736. The van der Waals surface area contributed by atoms with E-state index in [-0.39, 0.29) is 5.92 Å². The highest BCUT2D eigenvalue weighted by Crippen LogP contribution is 2.31. The molecule has 0 saturated heterocycles. The Hall–Kier alpha value is -2.54. The molecule has 0 saturated carbocycles. The molecule has 0 fully saturated rings. The first kappa shape index (κ1) is 17.8. The van der Waals surface area contributed by atoms with E-state index in [1.54, 1.807) is 0 Å². The maximum absolute atomic E-state index is 8.74. The fourth-order valence-electron chi connectivity index (χ4n) is 2.42. The summed E-state index contributed by atoms with van der Waals surface area (Å²) in [6.07, 6.45) is 3.71. The average molecular weight is 343 g/mol. The fraction of sp³-hybridized carbons (Fsp3) is 0.0556. The lowest BCUT2D eigenvalue weighted by molar-refractivity contribution is 0.381. The Morgan fingerprint density at radius 3 is 1.38 bits per heavy atom. The molecule has 0 aliphatic carbocycles. The van der Waals surface area contributed by atoms with Crippen molar-refractivity contribution in [2.75, 3.05) is 0 Å². The van der Waals surface area contributed by atoms with E-state index in [1.165, 1.54) is 16.7 Å². The molecule has 1 aromatic heterocycles. The predicted octanol–water partition coefficient (Wildman–Crippen LogP) is 3.61. The van der Waals surface area contributed by atoms with Gasteiger partial charge in [0.2, 0.25) is 0 Å². The Morgan fingerprint density at radius 1 is 0.667 bits per heavy atom. The van der Waals surface area contributed by atoms with Gasteiger partial charge in [0.25, 0.3) is 0 Å². The van der Waals surface area contributed by atoms with Crippen LogP contribution in [0.4, 0.5) is 0 Å². The van der Waals surface area contributed by atoms with E-state index in [0.717, 1.165) is 0 Å². The van der Waals surface area contributed by atoms with Crippen LogP contribution >= 0.6 is 0 Å². The van der Waals surface area contributed by atoms with Crippen molar-refractivity contribution in [3.05, 3.63) is 102 Å². The highest BCUT2D eigenvalue weighted by Gasteiger charge is 2.15.